The molecule has 4 rings (SSSR count). The molecule has 0 aromatic heterocycles. The van der Waals surface area contributed by atoms with E-state index < -0.39 is 12.1 Å². The summed E-state index contributed by atoms with van der Waals surface area (Å²) in [5.74, 6) is -0.627. The molecule has 1 amide bonds. The van der Waals surface area contributed by atoms with Crippen LogP contribution in [0.5, 0.6) is 0 Å². The number of halogens is 3. The molecule has 2 heterocycles. The summed E-state index contributed by atoms with van der Waals surface area (Å²) < 4.78 is 51.0. The second-order valence-corrected chi connectivity index (χ2v) is 9.87. The highest BCUT2D eigenvalue weighted by Crippen LogP contribution is 2.43. The number of ether oxygens (including phenoxy) is 2. The smallest absolute Gasteiger partial charge is 0.381 e. The first kappa shape index (κ1) is 24.0. The Labute approximate surface area is 188 Å². The molecule has 0 aromatic rings. The third-order valence-corrected chi connectivity index (χ3v) is 7.83. The lowest BCUT2D eigenvalue weighted by Crippen LogP contribution is -2.50. The summed E-state index contributed by atoms with van der Waals surface area (Å²) in [6.07, 6.45) is 2.68. The average Bonchev–Trinajstić information content (AvgIpc) is 3.43. The van der Waals surface area contributed by atoms with Crippen molar-refractivity contribution in [2.24, 2.45) is 17.8 Å². The molecule has 0 aromatic carbocycles. The van der Waals surface area contributed by atoms with Crippen LogP contribution in [0.1, 0.15) is 51.4 Å². The van der Waals surface area contributed by atoms with E-state index in [1.54, 1.807) is 0 Å². The number of hydrogen-bond donors (Lipinski definition) is 2. The van der Waals surface area contributed by atoms with E-state index in [4.69, 9.17) is 9.47 Å². The molecule has 32 heavy (non-hydrogen) atoms. The summed E-state index contributed by atoms with van der Waals surface area (Å²) in [7, 11) is 0. The lowest BCUT2D eigenvalue weighted by Gasteiger charge is -2.41. The highest BCUT2D eigenvalue weighted by atomic mass is 19.4. The molecule has 5 atom stereocenters. The van der Waals surface area contributed by atoms with Gasteiger partial charge in [-0.3, -0.25) is 4.79 Å². The normalized spacial score (nSPS) is 38.4. The molecule has 2 N–H and O–H groups in total. The van der Waals surface area contributed by atoms with Crippen LogP contribution in [0.15, 0.2) is 12.7 Å². The Morgan fingerprint density at radius 1 is 1.19 bits per heavy atom. The molecule has 0 bridgehead atoms. The molecule has 0 spiro atoms. The highest BCUT2D eigenvalue weighted by molar-refractivity contribution is 5.86. The number of hydrazine groups is 1. The fourth-order valence-corrected chi connectivity index (χ4v) is 5.99. The van der Waals surface area contributed by atoms with Crippen molar-refractivity contribution in [3.8, 4) is 0 Å². The molecule has 4 fully saturated rings. The van der Waals surface area contributed by atoms with Gasteiger partial charge in [-0.05, 0) is 63.4 Å². The number of amides is 1. The Morgan fingerprint density at radius 3 is 2.62 bits per heavy atom. The minimum atomic E-state index is -4.09. The van der Waals surface area contributed by atoms with Crippen LogP contribution < -0.4 is 10.7 Å². The molecule has 6 nitrogen and oxygen atoms in total. The Morgan fingerprint density at radius 2 is 1.97 bits per heavy atom. The Kier molecular flexibility index (Phi) is 7.80. The fraction of sp³-hybridized carbons (Fsp3) is 0.870. The van der Waals surface area contributed by atoms with Gasteiger partial charge in [0.05, 0.1) is 25.2 Å². The zero-order valence-electron chi connectivity index (χ0n) is 18.6. The maximum atomic E-state index is 13.1. The van der Waals surface area contributed by atoms with Gasteiger partial charge < -0.3 is 14.8 Å². The molecule has 0 radical (unpaired) electrons. The lowest BCUT2D eigenvalue weighted by atomic mass is 9.78. The van der Waals surface area contributed by atoms with E-state index in [-0.39, 0.29) is 43.0 Å². The molecule has 4 unspecified atom stereocenters. The quantitative estimate of drug-likeness (QED) is 0.573. The van der Waals surface area contributed by atoms with Crippen molar-refractivity contribution in [1.29, 1.82) is 0 Å². The molecule has 2 saturated carbocycles. The van der Waals surface area contributed by atoms with Gasteiger partial charge in [0.25, 0.3) is 0 Å². The Hall–Kier alpha value is -1.16. The largest absolute Gasteiger partial charge is 0.391 e. The number of alkyl halides is 3. The van der Waals surface area contributed by atoms with Crippen molar-refractivity contribution in [1.82, 2.24) is 15.8 Å². The number of nitrogens with zero attached hydrogens (tertiary/aromatic N) is 1. The van der Waals surface area contributed by atoms with E-state index in [1.165, 1.54) is 6.08 Å². The van der Waals surface area contributed by atoms with Crippen LogP contribution in [-0.4, -0.2) is 67.7 Å². The first-order chi connectivity index (χ1) is 15.3. The molecule has 2 saturated heterocycles. The number of nitrogens with one attached hydrogen (secondary N) is 2. The van der Waals surface area contributed by atoms with Gasteiger partial charge in [-0.25, -0.2) is 10.4 Å². The van der Waals surface area contributed by atoms with Crippen molar-refractivity contribution in [3.63, 3.8) is 0 Å². The molecule has 4 aliphatic rings. The fourth-order valence-electron chi connectivity index (χ4n) is 5.99. The molecule has 2 aliphatic carbocycles. The van der Waals surface area contributed by atoms with E-state index in [0.29, 0.717) is 31.2 Å². The standard InChI is InChI=1S/C23H36F3N3O3/c1-2-22(30)27-12-20-19-11-18(32-14-15-9-10-31-13-15)7-8-21(19)29(28-20)17-5-3-16(4-6-17)23(24,25)26/h2,15-21,28H,1,3-14H2,(H,27,30)/t15-,16?,17?,18?,19?,20?,21?/m1/s1. The topological polar surface area (TPSA) is 62.8 Å². The van der Waals surface area contributed by atoms with Crippen LogP contribution >= 0.6 is 0 Å². The van der Waals surface area contributed by atoms with Crippen LogP contribution in [0, 0.1) is 17.8 Å². The Balaban J connectivity index is 1.37. The maximum Gasteiger partial charge on any atom is 0.391 e. The lowest BCUT2D eigenvalue weighted by molar-refractivity contribution is -0.185. The van der Waals surface area contributed by atoms with Crippen molar-refractivity contribution in [2.75, 3.05) is 26.4 Å². The number of rotatable bonds is 7. The molecule has 9 heteroatoms. The summed E-state index contributed by atoms with van der Waals surface area (Å²) in [4.78, 5) is 11.7. The van der Waals surface area contributed by atoms with Crippen LogP contribution in [0.2, 0.25) is 0 Å². The van der Waals surface area contributed by atoms with Crippen LogP contribution in [0.4, 0.5) is 13.2 Å². The first-order valence-corrected chi connectivity index (χ1v) is 12.1. The predicted octanol–water partition coefficient (Wildman–Crippen LogP) is 3.19. The number of fused-ring (bicyclic) bond motifs is 1. The zero-order chi connectivity index (χ0) is 22.7. The Bertz CT molecular complexity index is 648. The second kappa shape index (κ2) is 10.4. The van der Waals surface area contributed by atoms with Crippen LogP contribution in [0.25, 0.3) is 0 Å². The van der Waals surface area contributed by atoms with Crippen molar-refractivity contribution < 1.29 is 27.4 Å². The van der Waals surface area contributed by atoms with Gasteiger partial charge in [0, 0.05) is 37.2 Å². The molecular weight excluding hydrogens is 423 g/mol. The van der Waals surface area contributed by atoms with E-state index in [1.807, 2.05) is 0 Å². The van der Waals surface area contributed by atoms with Crippen molar-refractivity contribution in [2.45, 2.75) is 81.8 Å². The van der Waals surface area contributed by atoms with Crippen LogP contribution in [-0.2, 0) is 14.3 Å². The highest BCUT2D eigenvalue weighted by Gasteiger charge is 2.49. The summed E-state index contributed by atoms with van der Waals surface area (Å²) >= 11 is 0. The van der Waals surface area contributed by atoms with E-state index >= 15 is 0 Å². The maximum absolute atomic E-state index is 13.1. The van der Waals surface area contributed by atoms with Gasteiger partial charge in [-0.2, -0.15) is 13.2 Å². The number of carbonyl (C=O) groups excluding carboxylic acids is 1. The predicted molar refractivity (Wildman–Crippen MR) is 114 cm³/mol. The minimum Gasteiger partial charge on any atom is -0.381 e. The van der Waals surface area contributed by atoms with Gasteiger partial charge in [0.15, 0.2) is 0 Å². The molecule has 2 aliphatic heterocycles. The van der Waals surface area contributed by atoms with E-state index in [9.17, 15) is 18.0 Å². The average molecular weight is 460 g/mol. The summed E-state index contributed by atoms with van der Waals surface area (Å²) in [5, 5.41) is 5.14. The monoisotopic (exact) mass is 459 g/mol. The molecular formula is C23H36F3N3O3. The minimum absolute atomic E-state index is 0.0467. The summed E-state index contributed by atoms with van der Waals surface area (Å²) in [6.45, 7) is 6.29. The zero-order valence-corrected chi connectivity index (χ0v) is 18.6. The van der Waals surface area contributed by atoms with Crippen LogP contribution in [0.3, 0.4) is 0 Å². The van der Waals surface area contributed by atoms with Crippen molar-refractivity contribution >= 4 is 5.91 Å². The third kappa shape index (κ3) is 5.66. The summed E-state index contributed by atoms with van der Waals surface area (Å²) in [5.41, 5.74) is 3.58. The van der Waals surface area contributed by atoms with Gasteiger partial charge in [0.1, 0.15) is 0 Å². The van der Waals surface area contributed by atoms with E-state index in [0.717, 1.165) is 45.5 Å². The van der Waals surface area contributed by atoms with Gasteiger partial charge in [-0.15, -0.1) is 0 Å². The molecule has 182 valence electrons. The van der Waals surface area contributed by atoms with Gasteiger partial charge >= 0.3 is 6.18 Å². The number of hydrogen-bond acceptors (Lipinski definition) is 5. The van der Waals surface area contributed by atoms with E-state index in [2.05, 4.69) is 22.3 Å². The summed E-state index contributed by atoms with van der Waals surface area (Å²) in [6, 6.07) is 0.419. The van der Waals surface area contributed by atoms with Gasteiger partial charge in [0.2, 0.25) is 5.91 Å². The third-order valence-electron chi connectivity index (χ3n) is 7.83. The van der Waals surface area contributed by atoms with Gasteiger partial charge in [-0.1, -0.05) is 6.58 Å². The SMILES string of the molecule is C=CC(=O)NCC1NN(C2CCC(C(F)(F)F)CC2)C2CCC(OC[C@@H]3CCOC3)CC12. The second-order valence-electron chi connectivity index (χ2n) is 9.87. The first-order valence-electron chi connectivity index (χ1n) is 12.1. The number of carbonyl (C=O) groups is 1. The van der Waals surface area contributed by atoms with Crippen molar-refractivity contribution in [3.05, 3.63) is 12.7 Å².